The molecule has 9 heteroatoms. The fourth-order valence-corrected chi connectivity index (χ4v) is 3.68. The lowest BCUT2D eigenvalue weighted by atomic mass is 10.0. The van der Waals surface area contributed by atoms with Gasteiger partial charge in [0.15, 0.2) is 0 Å². The number of ether oxygens (including phenoxy) is 1. The molecule has 0 spiro atoms. The zero-order valence-corrected chi connectivity index (χ0v) is 21.5. The Kier molecular flexibility index (Phi) is 10.0. The molecule has 4 amide bonds. The molecular weight excluding hydrogens is 460 g/mol. The van der Waals surface area contributed by atoms with E-state index < -0.39 is 47.9 Å². The lowest BCUT2D eigenvalue weighted by Gasteiger charge is -2.34. The third-order valence-electron chi connectivity index (χ3n) is 5.22. The second kappa shape index (κ2) is 12.7. The Morgan fingerprint density at radius 2 is 1.61 bits per heavy atom. The van der Waals surface area contributed by atoms with Crippen molar-refractivity contribution in [1.82, 2.24) is 10.2 Å². The fourth-order valence-electron chi connectivity index (χ4n) is 3.68. The molecule has 2 aromatic rings. The van der Waals surface area contributed by atoms with Crippen LogP contribution in [0.15, 0.2) is 54.6 Å². The topological polar surface area (TPSA) is 131 Å². The summed E-state index contributed by atoms with van der Waals surface area (Å²) in [6.07, 6.45) is -0.777. The minimum atomic E-state index is -1.30. The molecular formula is C27H36N4O5. The largest absolute Gasteiger partial charge is 0.444 e. The molecule has 36 heavy (non-hydrogen) atoms. The van der Waals surface area contributed by atoms with Gasteiger partial charge in [0.25, 0.3) is 5.91 Å². The normalized spacial score (nSPS) is 12.7. The van der Waals surface area contributed by atoms with Crippen LogP contribution in [-0.4, -0.2) is 46.9 Å². The number of nitrogens with zero attached hydrogens (tertiary/aromatic N) is 1. The molecule has 9 nitrogen and oxygen atoms in total. The predicted molar refractivity (Wildman–Crippen MR) is 138 cm³/mol. The van der Waals surface area contributed by atoms with Crippen molar-refractivity contribution < 1.29 is 23.9 Å². The van der Waals surface area contributed by atoms with Gasteiger partial charge >= 0.3 is 6.09 Å². The van der Waals surface area contributed by atoms with E-state index in [-0.39, 0.29) is 6.54 Å². The summed E-state index contributed by atoms with van der Waals surface area (Å²) in [5.41, 5.74) is 6.65. The highest BCUT2D eigenvalue weighted by molar-refractivity contribution is 6.00. The zero-order chi connectivity index (χ0) is 26.9. The van der Waals surface area contributed by atoms with Crippen LogP contribution >= 0.6 is 0 Å². The molecule has 2 rings (SSSR count). The average Bonchev–Trinajstić information content (AvgIpc) is 2.78. The monoisotopic (exact) mass is 496 g/mol. The Bertz CT molecular complexity index is 1070. The van der Waals surface area contributed by atoms with Crippen molar-refractivity contribution in [3.05, 3.63) is 65.7 Å². The van der Waals surface area contributed by atoms with E-state index in [1.165, 1.54) is 4.90 Å². The van der Waals surface area contributed by atoms with Crippen LogP contribution in [0.25, 0.3) is 0 Å². The summed E-state index contributed by atoms with van der Waals surface area (Å²) in [6.45, 7) is 8.99. The number of carbonyl (C=O) groups is 4. The SMILES string of the molecule is CCCN(C(=O)C(CC(N)=O)NC(=O)OC(C)(C)C)C(C(=O)Nc1ccccc1C)c1ccccc1. The maximum atomic E-state index is 13.8. The highest BCUT2D eigenvalue weighted by Gasteiger charge is 2.36. The van der Waals surface area contributed by atoms with Crippen LogP contribution < -0.4 is 16.4 Å². The van der Waals surface area contributed by atoms with Crippen LogP contribution in [0.5, 0.6) is 0 Å². The highest BCUT2D eigenvalue weighted by atomic mass is 16.6. The van der Waals surface area contributed by atoms with E-state index in [9.17, 15) is 19.2 Å². The van der Waals surface area contributed by atoms with E-state index in [1.807, 2.05) is 38.1 Å². The Balaban J connectivity index is 2.46. The zero-order valence-electron chi connectivity index (χ0n) is 21.5. The summed E-state index contributed by atoms with van der Waals surface area (Å²) >= 11 is 0. The van der Waals surface area contributed by atoms with Crippen molar-refractivity contribution in [3.63, 3.8) is 0 Å². The lowest BCUT2D eigenvalue weighted by molar-refractivity contribution is -0.141. The van der Waals surface area contributed by atoms with Crippen molar-refractivity contribution in [3.8, 4) is 0 Å². The van der Waals surface area contributed by atoms with Crippen molar-refractivity contribution in [2.45, 2.75) is 65.1 Å². The number of rotatable bonds is 10. The number of aryl methyl sites for hydroxylation is 1. The Morgan fingerprint density at radius 3 is 2.17 bits per heavy atom. The third kappa shape index (κ3) is 8.41. The second-order valence-corrected chi connectivity index (χ2v) is 9.52. The average molecular weight is 497 g/mol. The summed E-state index contributed by atoms with van der Waals surface area (Å²) in [7, 11) is 0. The molecule has 0 heterocycles. The quantitative estimate of drug-likeness (QED) is 0.462. The highest BCUT2D eigenvalue weighted by Crippen LogP contribution is 2.26. The lowest BCUT2D eigenvalue weighted by Crippen LogP contribution is -2.53. The molecule has 2 atom stereocenters. The first-order valence-electron chi connectivity index (χ1n) is 11.9. The number of anilines is 1. The van der Waals surface area contributed by atoms with Gasteiger partial charge in [0.05, 0.1) is 6.42 Å². The third-order valence-corrected chi connectivity index (χ3v) is 5.22. The van der Waals surface area contributed by atoms with Crippen molar-refractivity contribution in [2.24, 2.45) is 5.73 Å². The first-order chi connectivity index (χ1) is 16.9. The molecule has 0 saturated heterocycles. The maximum Gasteiger partial charge on any atom is 0.408 e. The van der Waals surface area contributed by atoms with Crippen LogP contribution in [0.2, 0.25) is 0 Å². The molecule has 0 aliphatic heterocycles. The number of nitrogens with two attached hydrogens (primary N) is 1. The number of amides is 4. The van der Waals surface area contributed by atoms with Crippen molar-refractivity contribution in [2.75, 3.05) is 11.9 Å². The van der Waals surface area contributed by atoms with Crippen LogP contribution in [0.3, 0.4) is 0 Å². The van der Waals surface area contributed by atoms with Gasteiger partial charge in [-0.1, -0.05) is 55.5 Å². The van der Waals surface area contributed by atoms with E-state index in [0.29, 0.717) is 17.7 Å². The van der Waals surface area contributed by atoms with Gasteiger partial charge in [-0.25, -0.2) is 4.79 Å². The van der Waals surface area contributed by atoms with Gasteiger partial charge in [-0.3, -0.25) is 14.4 Å². The summed E-state index contributed by atoms with van der Waals surface area (Å²) in [6, 6.07) is 13.9. The predicted octanol–water partition coefficient (Wildman–Crippen LogP) is 3.68. The first kappa shape index (κ1) is 28.4. The molecule has 0 aromatic heterocycles. The van der Waals surface area contributed by atoms with E-state index in [0.717, 1.165) is 5.56 Å². The number of para-hydroxylation sites is 1. The van der Waals surface area contributed by atoms with Gasteiger partial charge in [0.1, 0.15) is 17.7 Å². The molecule has 0 saturated carbocycles. The van der Waals surface area contributed by atoms with Crippen LogP contribution in [0.1, 0.15) is 57.7 Å². The molecule has 2 unspecified atom stereocenters. The number of alkyl carbamates (subject to hydrolysis) is 1. The van der Waals surface area contributed by atoms with Crippen molar-refractivity contribution in [1.29, 1.82) is 0 Å². The van der Waals surface area contributed by atoms with Crippen molar-refractivity contribution >= 4 is 29.5 Å². The van der Waals surface area contributed by atoms with Gasteiger partial charge in [-0.15, -0.1) is 0 Å². The number of hydrogen-bond acceptors (Lipinski definition) is 5. The van der Waals surface area contributed by atoms with Gasteiger partial charge in [-0.05, 0) is 51.3 Å². The van der Waals surface area contributed by atoms with Crippen LogP contribution in [0, 0.1) is 6.92 Å². The first-order valence-corrected chi connectivity index (χ1v) is 11.9. The number of primary amides is 1. The number of carbonyl (C=O) groups excluding carboxylic acids is 4. The summed E-state index contributed by atoms with van der Waals surface area (Å²) in [4.78, 5) is 53.0. The Labute approximate surface area is 212 Å². The summed E-state index contributed by atoms with van der Waals surface area (Å²) < 4.78 is 5.27. The summed E-state index contributed by atoms with van der Waals surface area (Å²) in [5.74, 6) is -1.82. The standard InChI is InChI=1S/C27H36N4O5/c1-6-16-31(25(34)21(17-22(28)32)30-26(35)36-27(3,4)5)23(19-13-8-7-9-14-19)24(33)29-20-15-11-10-12-18(20)2/h7-15,21,23H,6,16-17H2,1-5H3,(H2,28,32)(H,29,33)(H,30,35). The van der Waals surface area contributed by atoms with E-state index in [2.05, 4.69) is 10.6 Å². The fraction of sp³-hybridized carbons (Fsp3) is 0.407. The second-order valence-electron chi connectivity index (χ2n) is 9.52. The molecule has 4 N–H and O–H groups in total. The van der Waals surface area contributed by atoms with Gasteiger partial charge in [0, 0.05) is 12.2 Å². The molecule has 194 valence electrons. The molecule has 0 aliphatic rings. The van der Waals surface area contributed by atoms with E-state index in [1.54, 1.807) is 51.1 Å². The van der Waals surface area contributed by atoms with Crippen LogP contribution in [0.4, 0.5) is 10.5 Å². The molecule has 2 aromatic carbocycles. The molecule has 0 bridgehead atoms. The van der Waals surface area contributed by atoms with Gasteiger partial charge in [0.2, 0.25) is 11.8 Å². The van der Waals surface area contributed by atoms with Gasteiger partial charge in [-0.2, -0.15) is 0 Å². The summed E-state index contributed by atoms with van der Waals surface area (Å²) in [5, 5.41) is 5.38. The Morgan fingerprint density at radius 1 is 1.00 bits per heavy atom. The molecule has 0 aliphatic carbocycles. The minimum Gasteiger partial charge on any atom is -0.444 e. The number of benzene rings is 2. The van der Waals surface area contributed by atoms with E-state index >= 15 is 0 Å². The Hall–Kier alpha value is -3.88. The van der Waals surface area contributed by atoms with Crippen LogP contribution in [-0.2, 0) is 19.1 Å². The molecule has 0 radical (unpaired) electrons. The van der Waals surface area contributed by atoms with E-state index in [4.69, 9.17) is 10.5 Å². The molecule has 0 fully saturated rings. The maximum absolute atomic E-state index is 13.8. The number of hydrogen-bond donors (Lipinski definition) is 3. The smallest absolute Gasteiger partial charge is 0.408 e. The minimum absolute atomic E-state index is 0.199. The van der Waals surface area contributed by atoms with Gasteiger partial charge < -0.3 is 26.0 Å². The number of nitrogens with one attached hydrogen (secondary N) is 2.